The van der Waals surface area contributed by atoms with Gasteiger partial charge in [0.25, 0.3) is 0 Å². The van der Waals surface area contributed by atoms with E-state index in [2.05, 4.69) is 10.2 Å². The van der Waals surface area contributed by atoms with Gasteiger partial charge in [-0.1, -0.05) is 17.8 Å². The third-order valence-corrected chi connectivity index (χ3v) is 1.69. The molecule has 0 spiro atoms. The SMILES string of the molecule is C#CSCc1cccnc1. The first-order valence-corrected chi connectivity index (χ1v) is 3.88. The summed E-state index contributed by atoms with van der Waals surface area (Å²) in [6, 6.07) is 3.92. The average Bonchev–Trinajstić information content (AvgIpc) is 2.03. The van der Waals surface area contributed by atoms with Crippen molar-refractivity contribution in [2.45, 2.75) is 5.75 Å². The van der Waals surface area contributed by atoms with Crippen LogP contribution in [0.15, 0.2) is 24.5 Å². The minimum atomic E-state index is 0.852. The Morgan fingerprint density at radius 3 is 3.20 bits per heavy atom. The quantitative estimate of drug-likeness (QED) is 0.596. The van der Waals surface area contributed by atoms with E-state index >= 15 is 0 Å². The number of hydrogen-bond acceptors (Lipinski definition) is 2. The minimum Gasteiger partial charge on any atom is -0.264 e. The van der Waals surface area contributed by atoms with Crippen LogP contribution in [0, 0.1) is 11.7 Å². The third-order valence-electron chi connectivity index (χ3n) is 1.04. The molecular formula is C8H7NS. The molecule has 1 aromatic rings. The molecule has 1 aromatic heterocycles. The van der Waals surface area contributed by atoms with E-state index in [1.807, 2.05) is 18.3 Å². The Morgan fingerprint density at radius 2 is 2.60 bits per heavy atom. The summed E-state index contributed by atoms with van der Waals surface area (Å²) in [4.78, 5) is 3.96. The predicted molar refractivity (Wildman–Crippen MR) is 44.4 cm³/mol. The number of pyridine rings is 1. The van der Waals surface area contributed by atoms with Crippen LogP contribution in [0.1, 0.15) is 5.56 Å². The van der Waals surface area contributed by atoms with Gasteiger partial charge in [-0.3, -0.25) is 4.98 Å². The molecule has 10 heavy (non-hydrogen) atoms. The Kier molecular flexibility index (Phi) is 2.85. The molecule has 0 bridgehead atoms. The van der Waals surface area contributed by atoms with Crippen LogP contribution < -0.4 is 0 Å². The molecule has 0 N–H and O–H groups in total. The highest BCUT2D eigenvalue weighted by molar-refractivity contribution is 8.03. The van der Waals surface area contributed by atoms with Crippen molar-refractivity contribution < 1.29 is 0 Å². The molecule has 0 saturated heterocycles. The lowest BCUT2D eigenvalue weighted by Crippen LogP contribution is -1.78. The second-order valence-corrected chi connectivity index (χ2v) is 2.58. The summed E-state index contributed by atoms with van der Waals surface area (Å²) >= 11 is 1.45. The smallest absolute Gasteiger partial charge is 0.0323 e. The number of terminal acetylenes is 1. The van der Waals surface area contributed by atoms with Crippen LogP contribution in [0.25, 0.3) is 0 Å². The molecule has 0 atom stereocenters. The lowest BCUT2D eigenvalue weighted by Gasteiger charge is -1.92. The maximum absolute atomic E-state index is 5.07. The van der Waals surface area contributed by atoms with Crippen LogP contribution in [0.3, 0.4) is 0 Å². The monoisotopic (exact) mass is 149 g/mol. The summed E-state index contributed by atoms with van der Waals surface area (Å²) in [5.41, 5.74) is 1.17. The van der Waals surface area contributed by atoms with Crippen molar-refractivity contribution in [1.29, 1.82) is 0 Å². The van der Waals surface area contributed by atoms with Gasteiger partial charge in [0, 0.05) is 18.1 Å². The molecule has 0 unspecified atom stereocenters. The van der Waals surface area contributed by atoms with Gasteiger partial charge in [-0.2, -0.15) is 0 Å². The van der Waals surface area contributed by atoms with Crippen LogP contribution >= 0.6 is 11.8 Å². The summed E-state index contributed by atoms with van der Waals surface area (Å²) in [5, 5.41) is 2.51. The van der Waals surface area contributed by atoms with Crippen LogP contribution in [0.2, 0.25) is 0 Å². The predicted octanol–water partition coefficient (Wildman–Crippen LogP) is 1.91. The molecular weight excluding hydrogens is 142 g/mol. The minimum absolute atomic E-state index is 0.852. The van der Waals surface area contributed by atoms with Gasteiger partial charge in [0.2, 0.25) is 0 Å². The maximum atomic E-state index is 5.07. The molecule has 0 fully saturated rings. The Bertz CT molecular complexity index is 225. The molecule has 0 aliphatic carbocycles. The van der Waals surface area contributed by atoms with Crippen molar-refractivity contribution >= 4 is 11.8 Å². The molecule has 50 valence electrons. The van der Waals surface area contributed by atoms with Gasteiger partial charge in [-0.25, -0.2) is 0 Å². The molecule has 0 aliphatic heterocycles. The normalized spacial score (nSPS) is 8.70. The van der Waals surface area contributed by atoms with E-state index in [1.54, 1.807) is 6.20 Å². The summed E-state index contributed by atoms with van der Waals surface area (Å²) in [5.74, 6) is 0.852. The fourth-order valence-electron chi connectivity index (χ4n) is 0.609. The fourth-order valence-corrected chi connectivity index (χ4v) is 1.03. The maximum Gasteiger partial charge on any atom is 0.0323 e. The molecule has 0 aliphatic rings. The zero-order valence-electron chi connectivity index (χ0n) is 5.45. The first kappa shape index (κ1) is 7.17. The summed E-state index contributed by atoms with van der Waals surface area (Å²) in [6.45, 7) is 0. The van der Waals surface area contributed by atoms with Crippen LogP contribution in [-0.2, 0) is 5.75 Å². The van der Waals surface area contributed by atoms with Gasteiger partial charge >= 0.3 is 0 Å². The molecule has 1 nitrogen and oxygen atoms in total. The zero-order chi connectivity index (χ0) is 7.23. The van der Waals surface area contributed by atoms with Crippen LogP contribution in [-0.4, -0.2) is 4.98 Å². The second-order valence-electron chi connectivity index (χ2n) is 1.77. The Balaban J connectivity index is 2.52. The van der Waals surface area contributed by atoms with E-state index in [0.29, 0.717) is 0 Å². The van der Waals surface area contributed by atoms with Gasteiger partial charge in [-0.05, 0) is 16.9 Å². The van der Waals surface area contributed by atoms with Gasteiger partial charge in [0.05, 0.1) is 0 Å². The Morgan fingerprint density at radius 1 is 1.70 bits per heavy atom. The van der Waals surface area contributed by atoms with E-state index in [9.17, 15) is 0 Å². The number of thioether (sulfide) groups is 1. The Labute approximate surface area is 64.9 Å². The van der Waals surface area contributed by atoms with Crippen molar-refractivity contribution in [1.82, 2.24) is 4.98 Å². The fraction of sp³-hybridized carbons (Fsp3) is 0.125. The molecule has 0 radical (unpaired) electrons. The van der Waals surface area contributed by atoms with Crippen molar-refractivity contribution in [2.75, 3.05) is 0 Å². The van der Waals surface area contributed by atoms with E-state index in [-0.39, 0.29) is 0 Å². The topological polar surface area (TPSA) is 12.9 Å². The van der Waals surface area contributed by atoms with Crippen molar-refractivity contribution in [2.24, 2.45) is 0 Å². The van der Waals surface area contributed by atoms with E-state index in [4.69, 9.17) is 6.42 Å². The summed E-state index contributed by atoms with van der Waals surface area (Å²) < 4.78 is 0. The Hall–Kier alpha value is -0.940. The van der Waals surface area contributed by atoms with Gasteiger partial charge < -0.3 is 0 Å². The molecule has 1 rings (SSSR count). The summed E-state index contributed by atoms with van der Waals surface area (Å²) in [7, 11) is 0. The van der Waals surface area contributed by atoms with Gasteiger partial charge in [-0.15, -0.1) is 6.42 Å². The second kappa shape index (κ2) is 3.97. The van der Waals surface area contributed by atoms with Crippen molar-refractivity contribution in [3.8, 4) is 11.7 Å². The average molecular weight is 149 g/mol. The first-order chi connectivity index (χ1) is 4.93. The third kappa shape index (κ3) is 2.12. The highest BCUT2D eigenvalue weighted by Gasteiger charge is 1.87. The molecule has 2 heteroatoms. The zero-order valence-corrected chi connectivity index (χ0v) is 6.27. The van der Waals surface area contributed by atoms with Crippen molar-refractivity contribution in [3.05, 3.63) is 30.1 Å². The highest BCUT2D eigenvalue weighted by atomic mass is 32.2. The highest BCUT2D eigenvalue weighted by Crippen LogP contribution is 2.07. The van der Waals surface area contributed by atoms with Crippen LogP contribution in [0.4, 0.5) is 0 Å². The molecule has 1 heterocycles. The first-order valence-electron chi connectivity index (χ1n) is 2.90. The van der Waals surface area contributed by atoms with Crippen LogP contribution in [0.5, 0.6) is 0 Å². The van der Waals surface area contributed by atoms with E-state index in [0.717, 1.165) is 5.75 Å². The summed E-state index contributed by atoms with van der Waals surface area (Å²) in [6.07, 6.45) is 8.65. The number of rotatable bonds is 2. The number of hydrogen-bond donors (Lipinski definition) is 0. The largest absolute Gasteiger partial charge is 0.264 e. The lowest BCUT2D eigenvalue weighted by atomic mass is 10.3. The molecule has 0 saturated carbocycles. The van der Waals surface area contributed by atoms with E-state index < -0.39 is 0 Å². The standard InChI is InChI=1S/C8H7NS/c1-2-10-7-8-4-3-5-9-6-8/h1,3-6H,7H2. The number of aromatic nitrogens is 1. The molecule has 0 aromatic carbocycles. The van der Waals surface area contributed by atoms with Gasteiger partial charge in [0.15, 0.2) is 0 Å². The van der Waals surface area contributed by atoms with Crippen molar-refractivity contribution in [3.63, 3.8) is 0 Å². The molecule has 0 amide bonds. The van der Waals surface area contributed by atoms with E-state index in [1.165, 1.54) is 17.3 Å². The number of nitrogens with zero attached hydrogens (tertiary/aromatic N) is 1. The van der Waals surface area contributed by atoms with Gasteiger partial charge in [0.1, 0.15) is 0 Å². The lowest BCUT2D eigenvalue weighted by molar-refractivity contribution is 1.25.